The number of rotatable bonds is 4. The zero-order valence-corrected chi connectivity index (χ0v) is 12.6. The smallest absolute Gasteiger partial charge is 0.182 e. The van der Waals surface area contributed by atoms with E-state index in [4.69, 9.17) is 0 Å². The van der Waals surface area contributed by atoms with E-state index in [1.165, 1.54) is 0 Å². The molecule has 3 aromatic rings. The van der Waals surface area contributed by atoms with Gasteiger partial charge in [0, 0.05) is 5.56 Å². The van der Waals surface area contributed by atoms with Crippen molar-refractivity contribution in [3.8, 4) is 0 Å². The molecule has 0 fully saturated rings. The van der Waals surface area contributed by atoms with E-state index in [0.29, 0.717) is 17.4 Å². The van der Waals surface area contributed by atoms with E-state index in [9.17, 15) is 13.2 Å². The van der Waals surface area contributed by atoms with Gasteiger partial charge in [0.2, 0.25) is 0 Å². The van der Waals surface area contributed by atoms with Crippen molar-refractivity contribution in [3.63, 3.8) is 0 Å². The molecule has 4 heteroatoms. The third-order valence-corrected chi connectivity index (χ3v) is 5.26. The van der Waals surface area contributed by atoms with Gasteiger partial charge in [0.15, 0.2) is 9.84 Å². The van der Waals surface area contributed by atoms with Gasteiger partial charge in [0.25, 0.3) is 0 Å². The Morgan fingerprint density at radius 3 is 2.05 bits per heavy atom. The number of carbonyl (C=O) groups excluding carboxylic acids is 1. The number of hydrogen-bond acceptors (Lipinski definition) is 3. The van der Waals surface area contributed by atoms with Crippen molar-refractivity contribution in [2.24, 2.45) is 0 Å². The average Bonchev–Trinajstić information content (AvgIpc) is 2.54. The lowest BCUT2D eigenvalue weighted by Gasteiger charge is -2.09. The maximum atomic E-state index is 12.5. The van der Waals surface area contributed by atoms with Crippen LogP contribution in [0, 0.1) is 0 Å². The van der Waals surface area contributed by atoms with Crippen molar-refractivity contribution in [2.45, 2.75) is 10.6 Å². The van der Waals surface area contributed by atoms with Gasteiger partial charge >= 0.3 is 0 Å². The van der Waals surface area contributed by atoms with Crippen molar-refractivity contribution in [1.82, 2.24) is 0 Å². The summed E-state index contributed by atoms with van der Waals surface area (Å²) in [7, 11) is -3.47. The van der Waals surface area contributed by atoms with Crippen LogP contribution in [0.2, 0.25) is 0 Å². The first kappa shape index (κ1) is 14.5. The SMILES string of the molecule is O=Cc1cc2ccccc2cc1CS(=O)(=O)c1ccccc1. The Balaban J connectivity index is 2.08. The number of sulfone groups is 1. The fraction of sp³-hybridized carbons (Fsp3) is 0.0556. The largest absolute Gasteiger partial charge is 0.298 e. The number of carbonyl (C=O) groups is 1. The molecule has 0 atom stereocenters. The van der Waals surface area contributed by atoms with Gasteiger partial charge in [-0.3, -0.25) is 4.79 Å². The van der Waals surface area contributed by atoms with Gasteiger partial charge in [-0.1, -0.05) is 42.5 Å². The molecule has 0 saturated heterocycles. The van der Waals surface area contributed by atoms with E-state index < -0.39 is 9.84 Å². The first-order chi connectivity index (χ1) is 10.6. The van der Waals surface area contributed by atoms with Gasteiger partial charge in [0.1, 0.15) is 6.29 Å². The van der Waals surface area contributed by atoms with Gasteiger partial charge < -0.3 is 0 Å². The normalized spacial score (nSPS) is 11.5. The quantitative estimate of drug-likeness (QED) is 0.691. The summed E-state index contributed by atoms with van der Waals surface area (Å²) in [6, 6.07) is 19.4. The monoisotopic (exact) mass is 310 g/mol. The molecule has 0 amide bonds. The molecule has 0 N–H and O–H groups in total. The van der Waals surface area contributed by atoms with Crippen LogP contribution < -0.4 is 0 Å². The summed E-state index contributed by atoms with van der Waals surface area (Å²) in [5.41, 5.74) is 0.941. The molecule has 3 nitrogen and oxygen atoms in total. The molecule has 3 rings (SSSR count). The molecule has 22 heavy (non-hydrogen) atoms. The van der Waals surface area contributed by atoms with E-state index in [1.807, 2.05) is 24.3 Å². The third kappa shape index (κ3) is 2.78. The van der Waals surface area contributed by atoms with Crippen LogP contribution in [0.3, 0.4) is 0 Å². The van der Waals surface area contributed by atoms with Crippen molar-refractivity contribution in [2.75, 3.05) is 0 Å². The minimum Gasteiger partial charge on any atom is -0.298 e. The van der Waals surface area contributed by atoms with Gasteiger partial charge in [-0.15, -0.1) is 0 Å². The molecule has 0 radical (unpaired) electrons. The first-order valence-electron chi connectivity index (χ1n) is 6.85. The van der Waals surface area contributed by atoms with E-state index in [-0.39, 0.29) is 10.6 Å². The summed E-state index contributed by atoms with van der Waals surface area (Å²) >= 11 is 0. The highest BCUT2D eigenvalue weighted by Gasteiger charge is 2.17. The lowest BCUT2D eigenvalue weighted by molar-refractivity contribution is 0.112. The van der Waals surface area contributed by atoms with Crippen LogP contribution in [0.5, 0.6) is 0 Å². The summed E-state index contributed by atoms with van der Waals surface area (Å²) in [5, 5.41) is 1.84. The van der Waals surface area contributed by atoms with Crippen LogP contribution in [0.25, 0.3) is 10.8 Å². The molecule has 0 aliphatic heterocycles. The maximum absolute atomic E-state index is 12.5. The van der Waals surface area contributed by atoms with Crippen LogP contribution >= 0.6 is 0 Å². The molecule has 110 valence electrons. The fourth-order valence-electron chi connectivity index (χ4n) is 2.46. The zero-order chi connectivity index (χ0) is 15.6. The molecule has 0 unspecified atom stereocenters. The van der Waals surface area contributed by atoms with Crippen LogP contribution in [0.15, 0.2) is 71.6 Å². The number of aldehydes is 1. The van der Waals surface area contributed by atoms with Crippen molar-refractivity contribution < 1.29 is 13.2 Å². The lowest BCUT2D eigenvalue weighted by Crippen LogP contribution is -2.07. The molecule has 0 saturated carbocycles. The highest BCUT2D eigenvalue weighted by atomic mass is 32.2. The second kappa shape index (κ2) is 5.73. The Morgan fingerprint density at radius 1 is 0.818 bits per heavy atom. The van der Waals surface area contributed by atoms with Gasteiger partial charge in [-0.2, -0.15) is 0 Å². The summed E-state index contributed by atoms with van der Waals surface area (Å²) in [6.45, 7) is 0. The molecule has 0 aliphatic rings. The van der Waals surface area contributed by atoms with Gasteiger partial charge in [-0.25, -0.2) is 8.42 Å². The summed E-state index contributed by atoms with van der Waals surface area (Å²) in [6.07, 6.45) is 0.711. The van der Waals surface area contributed by atoms with Crippen LogP contribution in [0.4, 0.5) is 0 Å². The number of fused-ring (bicyclic) bond motifs is 1. The molecule has 0 heterocycles. The van der Waals surface area contributed by atoms with Crippen LogP contribution in [0.1, 0.15) is 15.9 Å². The molecule has 0 aliphatic carbocycles. The Hall–Kier alpha value is -2.46. The van der Waals surface area contributed by atoms with E-state index in [2.05, 4.69) is 0 Å². The van der Waals surface area contributed by atoms with Crippen LogP contribution in [-0.2, 0) is 15.6 Å². The third-order valence-electron chi connectivity index (χ3n) is 3.58. The fourth-order valence-corrected chi connectivity index (χ4v) is 3.85. The molecule has 3 aromatic carbocycles. The van der Waals surface area contributed by atoms with Crippen molar-refractivity contribution in [1.29, 1.82) is 0 Å². The minimum atomic E-state index is -3.47. The highest BCUT2D eigenvalue weighted by Crippen LogP contribution is 2.23. The minimum absolute atomic E-state index is 0.185. The topological polar surface area (TPSA) is 51.2 Å². The van der Waals surface area contributed by atoms with E-state index in [1.54, 1.807) is 42.5 Å². The molecule has 0 spiro atoms. The first-order valence-corrected chi connectivity index (χ1v) is 8.50. The molecular weight excluding hydrogens is 296 g/mol. The van der Waals surface area contributed by atoms with E-state index >= 15 is 0 Å². The van der Waals surface area contributed by atoms with Crippen molar-refractivity contribution in [3.05, 3.63) is 77.9 Å². The Morgan fingerprint density at radius 2 is 1.41 bits per heavy atom. The molecule has 0 aromatic heterocycles. The zero-order valence-electron chi connectivity index (χ0n) is 11.8. The standard InChI is InChI=1S/C18H14O3S/c19-12-16-10-14-6-4-5-7-15(14)11-17(16)13-22(20,21)18-8-2-1-3-9-18/h1-12H,13H2. The molecule has 0 bridgehead atoms. The summed E-state index contributed by atoms with van der Waals surface area (Å²) in [5.74, 6) is -0.185. The second-order valence-electron chi connectivity index (χ2n) is 5.09. The Bertz CT molecular complexity index is 929. The Labute approximate surface area is 129 Å². The van der Waals surface area contributed by atoms with Crippen LogP contribution in [-0.4, -0.2) is 14.7 Å². The van der Waals surface area contributed by atoms with Crippen molar-refractivity contribution >= 4 is 26.9 Å². The van der Waals surface area contributed by atoms with Gasteiger partial charge in [0.05, 0.1) is 10.6 Å². The predicted octanol–water partition coefficient (Wildman–Crippen LogP) is 3.63. The average molecular weight is 310 g/mol. The lowest BCUT2D eigenvalue weighted by atomic mass is 10.0. The predicted molar refractivity (Wildman–Crippen MR) is 86.7 cm³/mol. The summed E-state index contributed by atoms with van der Waals surface area (Å²) in [4.78, 5) is 11.6. The number of hydrogen-bond donors (Lipinski definition) is 0. The van der Waals surface area contributed by atoms with E-state index in [0.717, 1.165) is 10.8 Å². The number of benzene rings is 3. The maximum Gasteiger partial charge on any atom is 0.182 e. The molecular formula is C18H14O3S. The second-order valence-corrected chi connectivity index (χ2v) is 7.08. The summed E-state index contributed by atoms with van der Waals surface area (Å²) < 4.78 is 25.0. The Kier molecular flexibility index (Phi) is 3.77. The van der Waals surface area contributed by atoms with Gasteiger partial charge in [-0.05, 0) is 40.6 Å². The highest BCUT2D eigenvalue weighted by molar-refractivity contribution is 7.90.